The lowest BCUT2D eigenvalue weighted by atomic mass is 9.68. The van der Waals surface area contributed by atoms with E-state index in [1.807, 2.05) is 0 Å². The van der Waals surface area contributed by atoms with Gasteiger partial charge in [0.15, 0.2) is 0 Å². The van der Waals surface area contributed by atoms with Gasteiger partial charge in [-0.25, -0.2) is 0 Å². The molecule has 0 aromatic heterocycles. The molecule has 0 aliphatic heterocycles. The summed E-state index contributed by atoms with van der Waals surface area (Å²) in [4.78, 5) is 0. The van der Waals surface area contributed by atoms with Crippen molar-refractivity contribution in [3.63, 3.8) is 0 Å². The summed E-state index contributed by atoms with van der Waals surface area (Å²) in [6.45, 7) is 9.48. The van der Waals surface area contributed by atoms with Gasteiger partial charge in [-0.15, -0.1) is 0 Å². The first-order valence-corrected chi connectivity index (χ1v) is 8.97. The Morgan fingerprint density at radius 3 is 2.32 bits per heavy atom. The number of unbranched alkanes of at least 4 members (excludes halogenated alkanes) is 1. The smallest absolute Gasteiger partial charge is 0.000791 e. The van der Waals surface area contributed by atoms with E-state index in [1.165, 1.54) is 83.7 Å². The van der Waals surface area contributed by atoms with E-state index >= 15 is 0 Å². The molecule has 1 saturated carbocycles. The summed E-state index contributed by atoms with van der Waals surface area (Å²) in [5.74, 6) is 0.974. The highest BCUT2D eigenvalue weighted by atomic mass is 14.9. The van der Waals surface area contributed by atoms with Crippen LogP contribution in [0.3, 0.4) is 0 Å². The summed E-state index contributed by atoms with van der Waals surface area (Å²) in [5, 5.41) is 3.73. The number of rotatable bonds is 10. The van der Waals surface area contributed by atoms with E-state index in [2.05, 4.69) is 26.1 Å². The molecule has 0 aromatic rings. The second-order valence-electron chi connectivity index (χ2n) is 6.86. The maximum Gasteiger partial charge on any atom is 0.000791 e. The molecule has 1 N–H and O–H groups in total. The number of nitrogens with one attached hydrogen (secondary N) is 1. The van der Waals surface area contributed by atoms with Gasteiger partial charge in [-0.05, 0) is 43.6 Å². The first kappa shape index (κ1) is 17.0. The van der Waals surface area contributed by atoms with Gasteiger partial charge in [0.2, 0.25) is 0 Å². The van der Waals surface area contributed by atoms with E-state index in [4.69, 9.17) is 0 Å². The molecule has 19 heavy (non-hydrogen) atoms. The second-order valence-corrected chi connectivity index (χ2v) is 6.86. The van der Waals surface area contributed by atoms with Crippen LogP contribution >= 0.6 is 0 Å². The lowest BCUT2D eigenvalue weighted by Gasteiger charge is -2.40. The van der Waals surface area contributed by atoms with Crippen LogP contribution in [0.15, 0.2) is 0 Å². The van der Waals surface area contributed by atoms with Gasteiger partial charge in [0.25, 0.3) is 0 Å². The summed E-state index contributed by atoms with van der Waals surface area (Å²) in [7, 11) is 0. The van der Waals surface area contributed by atoms with Crippen molar-refractivity contribution in [3.8, 4) is 0 Å². The molecule has 1 atom stereocenters. The standard InChI is InChI=1S/C18H37N/c1-4-7-11-17(6-3)15-18(16-19-14-5-2)12-9-8-10-13-18/h17,19H,4-16H2,1-3H3. The summed E-state index contributed by atoms with van der Waals surface area (Å²) in [6, 6.07) is 0. The van der Waals surface area contributed by atoms with Crippen molar-refractivity contribution < 1.29 is 0 Å². The van der Waals surface area contributed by atoms with E-state index in [-0.39, 0.29) is 0 Å². The van der Waals surface area contributed by atoms with Crippen LogP contribution in [0.2, 0.25) is 0 Å². The van der Waals surface area contributed by atoms with E-state index in [9.17, 15) is 0 Å². The Labute approximate surface area is 121 Å². The predicted molar refractivity (Wildman–Crippen MR) is 86.6 cm³/mol. The molecule has 0 amide bonds. The maximum atomic E-state index is 3.73. The van der Waals surface area contributed by atoms with Crippen LogP contribution < -0.4 is 5.32 Å². The lowest BCUT2D eigenvalue weighted by molar-refractivity contribution is 0.131. The topological polar surface area (TPSA) is 12.0 Å². The summed E-state index contributed by atoms with van der Waals surface area (Å²) < 4.78 is 0. The van der Waals surface area contributed by atoms with Crippen molar-refractivity contribution in [2.24, 2.45) is 11.3 Å². The molecule has 0 radical (unpaired) electrons. The zero-order valence-electron chi connectivity index (χ0n) is 13.8. The zero-order chi connectivity index (χ0) is 14.0. The minimum atomic E-state index is 0.641. The average molecular weight is 268 g/mol. The molecule has 0 heterocycles. The van der Waals surface area contributed by atoms with Crippen LogP contribution in [0.5, 0.6) is 0 Å². The third kappa shape index (κ3) is 6.29. The normalized spacial score (nSPS) is 20.4. The lowest BCUT2D eigenvalue weighted by Crippen LogP contribution is -2.38. The van der Waals surface area contributed by atoms with Crippen molar-refractivity contribution in [1.29, 1.82) is 0 Å². The molecular weight excluding hydrogens is 230 g/mol. The van der Waals surface area contributed by atoms with Gasteiger partial charge >= 0.3 is 0 Å². The molecule has 1 aliphatic carbocycles. The van der Waals surface area contributed by atoms with E-state index < -0.39 is 0 Å². The molecule has 0 bridgehead atoms. The average Bonchev–Trinajstić information content (AvgIpc) is 2.45. The van der Waals surface area contributed by atoms with E-state index in [0.29, 0.717) is 5.41 Å². The molecule has 1 fully saturated rings. The largest absolute Gasteiger partial charge is 0.316 e. The Kier molecular flexibility index (Phi) is 8.77. The maximum absolute atomic E-state index is 3.73. The molecular formula is C18H37N. The van der Waals surface area contributed by atoms with Gasteiger partial charge in [-0.3, -0.25) is 0 Å². The molecule has 0 spiro atoms. The van der Waals surface area contributed by atoms with Gasteiger partial charge < -0.3 is 5.32 Å². The van der Waals surface area contributed by atoms with Gasteiger partial charge in [0, 0.05) is 6.54 Å². The molecule has 1 unspecified atom stereocenters. The van der Waals surface area contributed by atoms with Crippen LogP contribution in [0.25, 0.3) is 0 Å². The Hall–Kier alpha value is -0.0400. The SMILES string of the molecule is CCCCC(CC)CC1(CNCCC)CCCCC1. The predicted octanol–water partition coefficient (Wildman–Crippen LogP) is 5.54. The molecule has 114 valence electrons. The van der Waals surface area contributed by atoms with Crippen molar-refractivity contribution in [2.45, 2.75) is 91.4 Å². The second kappa shape index (κ2) is 9.80. The highest BCUT2D eigenvalue weighted by molar-refractivity contribution is 4.87. The monoisotopic (exact) mass is 267 g/mol. The van der Waals surface area contributed by atoms with Crippen LogP contribution in [0.1, 0.15) is 91.4 Å². The van der Waals surface area contributed by atoms with E-state index in [1.54, 1.807) is 0 Å². The van der Waals surface area contributed by atoms with Gasteiger partial charge in [-0.1, -0.05) is 65.7 Å². The summed E-state index contributed by atoms with van der Waals surface area (Å²) in [5.41, 5.74) is 0.641. The first-order chi connectivity index (χ1) is 9.26. The minimum Gasteiger partial charge on any atom is -0.316 e. The third-order valence-electron chi connectivity index (χ3n) is 5.11. The third-order valence-corrected chi connectivity index (χ3v) is 5.11. The fraction of sp³-hybridized carbons (Fsp3) is 1.00. The van der Waals surface area contributed by atoms with Crippen LogP contribution in [0, 0.1) is 11.3 Å². The fourth-order valence-electron chi connectivity index (χ4n) is 3.84. The van der Waals surface area contributed by atoms with Crippen LogP contribution in [0.4, 0.5) is 0 Å². The Balaban J connectivity index is 2.50. The quantitative estimate of drug-likeness (QED) is 0.512. The zero-order valence-corrected chi connectivity index (χ0v) is 13.8. The fourth-order valence-corrected chi connectivity index (χ4v) is 3.84. The summed E-state index contributed by atoms with van der Waals surface area (Å²) in [6.07, 6.45) is 15.8. The Bertz CT molecular complexity index is 206. The molecule has 1 nitrogen and oxygen atoms in total. The van der Waals surface area contributed by atoms with Gasteiger partial charge in [0.1, 0.15) is 0 Å². The molecule has 1 rings (SSSR count). The minimum absolute atomic E-state index is 0.641. The van der Waals surface area contributed by atoms with Crippen molar-refractivity contribution in [3.05, 3.63) is 0 Å². The van der Waals surface area contributed by atoms with Crippen molar-refractivity contribution in [2.75, 3.05) is 13.1 Å². The molecule has 0 saturated heterocycles. The summed E-state index contributed by atoms with van der Waals surface area (Å²) >= 11 is 0. The Morgan fingerprint density at radius 1 is 1.00 bits per heavy atom. The molecule has 1 aliphatic rings. The van der Waals surface area contributed by atoms with Crippen LogP contribution in [-0.2, 0) is 0 Å². The molecule has 0 aromatic carbocycles. The highest BCUT2D eigenvalue weighted by Crippen LogP contribution is 2.42. The Morgan fingerprint density at radius 2 is 1.74 bits per heavy atom. The van der Waals surface area contributed by atoms with Gasteiger partial charge in [0.05, 0.1) is 0 Å². The van der Waals surface area contributed by atoms with Crippen molar-refractivity contribution >= 4 is 0 Å². The van der Waals surface area contributed by atoms with Crippen LogP contribution in [-0.4, -0.2) is 13.1 Å². The molecule has 1 heteroatoms. The highest BCUT2D eigenvalue weighted by Gasteiger charge is 2.33. The van der Waals surface area contributed by atoms with Crippen molar-refractivity contribution in [1.82, 2.24) is 5.32 Å². The number of hydrogen-bond donors (Lipinski definition) is 1. The van der Waals surface area contributed by atoms with Gasteiger partial charge in [-0.2, -0.15) is 0 Å². The first-order valence-electron chi connectivity index (χ1n) is 8.97. The number of hydrogen-bond acceptors (Lipinski definition) is 1. The van der Waals surface area contributed by atoms with E-state index in [0.717, 1.165) is 5.92 Å².